The van der Waals surface area contributed by atoms with Crippen LogP contribution in [-0.4, -0.2) is 52.0 Å². The number of hydrogen-bond donors (Lipinski definition) is 6. The number of rotatable bonds is 9. The molecule has 1 aliphatic rings. The lowest BCUT2D eigenvalue weighted by Crippen LogP contribution is -2.40. The van der Waals surface area contributed by atoms with Crippen molar-refractivity contribution >= 4 is 23.5 Å². The summed E-state index contributed by atoms with van der Waals surface area (Å²) < 4.78 is 52.2. The highest BCUT2D eigenvalue weighted by Gasteiger charge is 2.54. The summed E-state index contributed by atoms with van der Waals surface area (Å²) in [5.74, 6) is 0. The molecule has 2 rings (SSSR count). The summed E-state index contributed by atoms with van der Waals surface area (Å²) in [6, 6.07) is 0.987. The molecule has 0 bridgehead atoms. The fourth-order valence-corrected chi connectivity index (χ4v) is 5.89. The van der Waals surface area contributed by atoms with Crippen LogP contribution in [0.5, 0.6) is 0 Å². The average molecular weight is 508 g/mol. The molecule has 5 atom stereocenters. The molecule has 2 unspecified atom stereocenters. The van der Waals surface area contributed by atoms with Crippen LogP contribution in [0.4, 0.5) is 0 Å². The van der Waals surface area contributed by atoms with E-state index in [1.54, 1.807) is 0 Å². The second kappa shape index (κ2) is 8.60. The number of aromatic nitrogens is 2. The maximum absolute atomic E-state index is 12.0. The van der Waals surface area contributed by atoms with Crippen molar-refractivity contribution in [2.45, 2.75) is 30.8 Å². The number of H-pyrrole nitrogens is 1. The summed E-state index contributed by atoms with van der Waals surface area (Å²) in [4.78, 5) is 61.0. The first kappa shape index (κ1) is 26.0. The first-order valence-electron chi connectivity index (χ1n) is 8.03. The molecule has 31 heavy (non-hydrogen) atoms. The van der Waals surface area contributed by atoms with Crippen LogP contribution in [0.15, 0.2) is 34.5 Å². The van der Waals surface area contributed by atoms with Gasteiger partial charge in [-0.2, -0.15) is 8.62 Å². The predicted octanol–water partition coefficient (Wildman–Crippen LogP) is -0.525. The Morgan fingerprint density at radius 3 is 2.39 bits per heavy atom. The molecule has 1 aromatic rings. The monoisotopic (exact) mass is 508 g/mol. The molecule has 1 fully saturated rings. The zero-order valence-corrected chi connectivity index (χ0v) is 18.3. The van der Waals surface area contributed by atoms with Crippen molar-refractivity contribution in [3.63, 3.8) is 0 Å². The number of phosphoric acid groups is 3. The van der Waals surface area contributed by atoms with Gasteiger partial charge in [-0.1, -0.05) is 6.08 Å². The Balaban J connectivity index is 2.21. The molecule has 16 nitrogen and oxygen atoms in total. The molecule has 0 radical (unpaired) electrons. The zero-order valence-electron chi connectivity index (χ0n) is 15.6. The van der Waals surface area contributed by atoms with E-state index in [1.807, 2.05) is 4.98 Å². The molecule has 0 saturated carbocycles. The lowest BCUT2D eigenvalue weighted by molar-refractivity contribution is -0.109. The minimum Gasteiger partial charge on any atom is -0.385 e. The first-order chi connectivity index (χ1) is 13.9. The third-order valence-corrected chi connectivity index (χ3v) is 7.68. The lowest BCUT2D eigenvalue weighted by Gasteiger charge is -2.26. The van der Waals surface area contributed by atoms with E-state index in [2.05, 4.69) is 19.7 Å². The van der Waals surface area contributed by atoms with Gasteiger partial charge in [0.15, 0.2) is 6.23 Å². The summed E-state index contributed by atoms with van der Waals surface area (Å²) in [5, 5.41) is 10.7. The van der Waals surface area contributed by atoms with Crippen LogP contribution < -0.4 is 11.2 Å². The second-order valence-electron chi connectivity index (χ2n) is 6.65. The smallest absolute Gasteiger partial charge is 0.385 e. The molecule has 176 valence electrons. The van der Waals surface area contributed by atoms with Crippen LogP contribution in [0.2, 0.25) is 0 Å². The van der Waals surface area contributed by atoms with Crippen molar-refractivity contribution in [2.75, 3.05) is 6.61 Å². The Hall–Kier alpha value is -1.25. The van der Waals surface area contributed by atoms with Crippen LogP contribution >= 0.6 is 23.5 Å². The third-order valence-electron chi connectivity index (χ3n) is 3.90. The first-order valence-corrected chi connectivity index (χ1v) is 12.6. The number of nitrogens with one attached hydrogen (secondary N) is 1. The molecular weight excluding hydrogens is 489 g/mol. The Bertz CT molecular complexity index is 1100. The van der Waals surface area contributed by atoms with E-state index in [0.29, 0.717) is 0 Å². The molecule has 1 aromatic heterocycles. The van der Waals surface area contributed by atoms with Gasteiger partial charge in [0.2, 0.25) is 0 Å². The van der Waals surface area contributed by atoms with E-state index in [1.165, 1.54) is 6.92 Å². The summed E-state index contributed by atoms with van der Waals surface area (Å²) in [5.41, 5.74) is -5.17. The number of hydrogen-bond acceptors (Lipinski definition) is 10. The zero-order chi connectivity index (χ0) is 23.9. The minimum absolute atomic E-state index is 0.366. The fraction of sp³-hybridized carbons (Fsp3) is 0.500. The Morgan fingerprint density at radius 1 is 1.26 bits per heavy atom. The van der Waals surface area contributed by atoms with E-state index in [-0.39, 0.29) is 6.42 Å². The maximum Gasteiger partial charge on any atom is 0.490 e. The molecule has 2 heterocycles. The van der Waals surface area contributed by atoms with Crippen molar-refractivity contribution in [1.29, 1.82) is 0 Å². The van der Waals surface area contributed by atoms with Crippen LogP contribution in [0.25, 0.3) is 0 Å². The SMILES string of the molecule is C=C[C@@]1(COP(=O)(O)OP(=O)(O)OP(=O)(O)O)C[C@@](C)(O)[C@H](n2ccc(=O)[nH]c2=O)O1. The number of aromatic amines is 1. The molecule has 6 N–H and O–H groups in total. The van der Waals surface area contributed by atoms with E-state index in [9.17, 15) is 38.2 Å². The third kappa shape index (κ3) is 6.86. The van der Waals surface area contributed by atoms with Gasteiger partial charge in [0.25, 0.3) is 5.56 Å². The standard InChI is InChI=1S/C12H19N2O14P3/c1-3-12(7-25-30(21,22)28-31(23,24)27-29(18,19)20)6-11(2,17)9(26-12)14-5-4-8(15)13-10(14)16/h3-5,9,17H,1,6-7H2,2H3,(H,21,22)(H,23,24)(H,13,15,16)(H2,18,19,20)/t9-,11-,12+/m1/s1. The minimum atomic E-state index is -5.72. The van der Waals surface area contributed by atoms with Gasteiger partial charge in [-0.05, 0) is 6.92 Å². The Labute approximate surface area is 173 Å². The van der Waals surface area contributed by atoms with Crippen molar-refractivity contribution in [1.82, 2.24) is 9.55 Å². The lowest BCUT2D eigenvalue weighted by atomic mass is 9.91. The van der Waals surface area contributed by atoms with Crippen LogP contribution in [0.1, 0.15) is 19.6 Å². The van der Waals surface area contributed by atoms with Crippen LogP contribution in [-0.2, 0) is 31.6 Å². The van der Waals surface area contributed by atoms with Gasteiger partial charge in [-0.25, -0.2) is 18.5 Å². The maximum atomic E-state index is 12.0. The van der Waals surface area contributed by atoms with E-state index in [4.69, 9.17) is 14.5 Å². The van der Waals surface area contributed by atoms with E-state index >= 15 is 0 Å². The summed E-state index contributed by atoms with van der Waals surface area (Å²) >= 11 is 0. The van der Waals surface area contributed by atoms with E-state index < -0.39 is 58.8 Å². The molecule has 19 heteroatoms. The van der Waals surface area contributed by atoms with Crippen molar-refractivity contribution < 1.29 is 56.3 Å². The van der Waals surface area contributed by atoms with Crippen molar-refractivity contribution in [3.8, 4) is 0 Å². The van der Waals surface area contributed by atoms with Crippen molar-refractivity contribution in [2.24, 2.45) is 0 Å². The fourth-order valence-electron chi connectivity index (χ4n) is 2.81. The van der Waals surface area contributed by atoms with Crippen molar-refractivity contribution in [3.05, 3.63) is 45.8 Å². The second-order valence-corrected chi connectivity index (χ2v) is 11.1. The Morgan fingerprint density at radius 2 is 1.87 bits per heavy atom. The number of phosphoric ester groups is 1. The Kier molecular flexibility index (Phi) is 7.21. The van der Waals surface area contributed by atoms with Gasteiger partial charge in [0.05, 0.1) is 6.61 Å². The highest BCUT2D eigenvalue weighted by molar-refractivity contribution is 7.66. The molecule has 0 amide bonds. The molecule has 1 aliphatic heterocycles. The molecular formula is C12H19N2O14P3. The van der Waals surface area contributed by atoms with E-state index in [0.717, 1.165) is 22.9 Å². The largest absolute Gasteiger partial charge is 0.490 e. The topological polar surface area (TPSA) is 244 Å². The number of aliphatic hydroxyl groups is 1. The van der Waals surface area contributed by atoms with Gasteiger partial charge >= 0.3 is 29.2 Å². The molecule has 0 aromatic carbocycles. The van der Waals surface area contributed by atoms with Crippen LogP contribution in [0, 0.1) is 0 Å². The molecule has 0 aliphatic carbocycles. The highest BCUT2D eigenvalue weighted by atomic mass is 31.3. The van der Waals surface area contributed by atoms with Crippen LogP contribution in [0.3, 0.4) is 0 Å². The summed E-state index contributed by atoms with van der Waals surface area (Å²) in [6.45, 7) is 3.79. The average Bonchev–Trinajstić information content (AvgIpc) is 2.81. The quantitative estimate of drug-likeness (QED) is 0.182. The van der Waals surface area contributed by atoms with Gasteiger partial charge in [0.1, 0.15) is 11.2 Å². The summed E-state index contributed by atoms with van der Waals surface area (Å²) in [6.07, 6.45) is 0.319. The molecule has 1 saturated heterocycles. The molecule has 0 spiro atoms. The number of ether oxygens (including phenoxy) is 1. The summed E-state index contributed by atoms with van der Waals surface area (Å²) in [7, 11) is -16.7. The van der Waals surface area contributed by atoms with Gasteiger partial charge < -0.3 is 29.4 Å². The normalized spacial score (nSPS) is 30.5. The number of nitrogens with zero attached hydrogens (tertiary/aromatic N) is 1. The predicted molar refractivity (Wildman–Crippen MR) is 99.4 cm³/mol. The van der Waals surface area contributed by atoms with Gasteiger partial charge in [-0.3, -0.25) is 18.9 Å². The van der Waals surface area contributed by atoms with Gasteiger partial charge in [-0.15, -0.1) is 6.58 Å². The van der Waals surface area contributed by atoms with Gasteiger partial charge in [0, 0.05) is 18.7 Å². The highest BCUT2D eigenvalue weighted by Crippen LogP contribution is 2.66.